The number of aryl methyl sites for hydroxylation is 1. The topological polar surface area (TPSA) is 82.3 Å². The average molecular weight is 286 g/mol. The van der Waals surface area contributed by atoms with Gasteiger partial charge in [0.2, 0.25) is 0 Å². The zero-order chi connectivity index (χ0) is 14.8. The summed E-state index contributed by atoms with van der Waals surface area (Å²) < 4.78 is 29.5. The molecule has 5 nitrogen and oxygen atoms in total. The fourth-order valence-electron chi connectivity index (χ4n) is 2.04. The molecule has 0 aliphatic rings. The highest BCUT2D eigenvalue weighted by atomic mass is 32.2. The molecule has 1 aromatic heterocycles. The molecule has 0 aromatic carbocycles. The van der Waals surface area contributed by atoms with Crippen molar-refractivity contribution in [2.75, 3.05) is 12.9 Å². The SMILES string of the molecule is COc1c(C)cnc(CS(=O)(=O)CC(C)(C)N)c1C. The van der Waals surface area contributed by atoms with Gasteiger partial charge in [0.05, 0.1) is 24.3 Å². The summed E-state index contributed by atoms with van der Waals surface area (Å²) >= 11 is 0. The summed E-state index contributed by atoms with van der Waals surface area (Å²) in [5.41, 5.74) is 7.19. The van der Waals surface area contributed by atoms with Gasteiger partial charge < -0.3 is 10.5 Å². The predicted molar refractivity (Wildman–Crippen MR) is 76.0 cm³/mol. The van der Waals surface area contributed by atoms with Gasteiger partial charge in [-0.05, 0) is 27.7 Å². The van der Waals surface area contributed by atoms with Crippen molar-refractivity contribution in [2.24, 2.45) is 5.73 Å². The van der Waals surface area contributed by atoms with Crippen LogP contribution in [0.5, 0.6) is 5.75 Å². The molecular formula is C13H22N2O3S. The minimum Gasteiger partial charge on any atom is -0.496 e. The van der Waals surface area contributed by atoms with Gasteiger partial charge in [-0.15, -0.1) is 0 Å². The third-order valence-corrected chi connectivity index (χ3v) is 4.60. The lowest BCUT2D eigenvalue weighted by molar-refractivity contribution is 0.407. The van der Waals surface area contributed by atoms with E-state index in [9.17, 15) is 8.42 Å². The Kier molecular flexibility index (Phi) is 4.58. The summed E-state index contributed by atoms with van der Waals surface area (Å²) in [7, 11) is -1.73. The summed E-state index contributed by atoms with van der Waals surface area (Å²) in [5, 5.41) is 0. The van der Waals surface area contributed by atoms with Gasteiger partial charge >= 0.3 is 0 Å². The molecule has 0 amide bonds. The fraction of sp³-hybridized carbons (Fsp3) is 0.615. The van der Waals surface area contributed by atoms with Crippen molar-refractivity contribution in [3.8, 4) is 5.75 Å². The van der Waals surface area contributed by atoms with Gasteiger partial charge in [-0.3, -0.25) is 4.98 Å². The van der Waals surface area contributed by atoms with E-state index in [2.05, 4.69) is 4.98 Å². The van der Waals surface area contributed by atoms with Crippen LogP contribution in [0.4, 0.5) is 0 Å². The number of sulfone groups is 1. The van der Waals surface area contributed by atoms with Crippen molar-refractivity contribution < 1.29 is 13.2 Å². The third kappa shape index (κ3) is 4.47. The van der Waals surface area contributed by atoms with E-state index >= 15 is 0 Å². The van der Waals surface area contributed by atoms with E-state index < -0.39 is 15.4 Å². The maximum atomic E-state index is 12.1. The van der Waals surface area contributed by atoms with Crippen LogP contribution < -0.4 is 10.5 Å². The predicted octanol–water partition coefficient (Wildman–Crippen LogP) is 1.36. The minimum absolute atomic E-state index is 0.0721. The molecule has 0 aliphatic heterocycles. The summed E-state index contributed by atoms with van der Waals surface area (Å²) in [6, 6.07) is 0. The molecule has 0 radical (unpaired) electrons. The molecule has 0 fully saturated rings. The monoisotopic (exact) mass is 286 g/mol. The molecule has 19 heavy (non-hydrogen) atoms. The van der Waals surface area contributed by atoms with Crippen LogP contribution in [0.1, 0.15) is 30.7 Å². The van der Waals surface area contributed by atoms with E-state index in [-0.39, 0.29) is 11.5 Å². The van der Waals surface area contributed by atoms with E-state index in [4.69, 9.17) is 10.5 Å². The van der Waals surface area contributed by atoms with Crippen LogP contribution in [-0.4, -0.2) is 31.8 Å². The quantitative estimate of drug-likeness (QED) is 0.883. The lowest BCUT2D eigenvalue weighted by Crippen LogP contribution is -2.40. The molecule has 0 unspecified atom stereocenters. The van der Waals surface area contributed by atoms with Crippen LogP contribution >= 0.6 is 0 Å². The summed E-state index contributed by atoms with van der Waals surface area (Å²) in [5.74, 6) is 0.500. The Hall–Kier alpha value is -1.14. The second-order valence-electron chi connectivity index (χ2n) is 5.57. The lowest BCUT2D eigenvalue weighted by Gasteiger charge is -2.19. The minimum atomic E-state index is -3.30. The first kappa shape index (κ1) is 15.9. The number of aromatic nitrogens is 1. The largest absolute Gasteiger partial charge is 0.496 e. The smallest absolute Gasteiger partial charge is 0.157 e. The highest BCUT2D eigenvalue weighted by Crippen LogP contribution is 2.25. The van der Waals surface area contributed by atoms with Crippen LogP contribution in [0.2, 0.25) is 0 Å². The van der Waals surface area contributed by atoms with Gasteiger partial charge in [0.25, 0.3) is 0 Å². The number of methoxy groups -OCH3 is 1. The van der Waals surface area contributed by atoms with E-state index in [1.54, 1.807) is 27.2 Å². The Balaban J connectivity index is 3.07. The highest BCUT2D eigenvalue weighted by molar-refractivity contribution is 7.90. The molecular weight excluding hydrogens is 264 g/mol. The normalized spacial score (nSPS) is 12.5. The van der Waals surface area contributed by atoms with Crippen molar-refractivity contribution in [3.63, 3.8) is 0 Å². The van der Waals surface area contributed by atoms with Gasteiger partial charge in [-0.2, -0.15) is 0 Å². The summed E-state index contributed by atoms with van der Waals surface area (Å²) in [6.45, 7) is 7.08. The first-order valence-corrected chi connectivity index (χ1v) is 7.86. The number of nitrogens with zero attached hydrogens (tertiary/aromatic N) is 1. The number of ether oxygens (including phenoxy) is 1. The second kappa shape index (κ2) is 5.46. The fourth-order valence-corrected chi connectivity index (χ4v) is 3.99. The Morgan fingerprint density at radius 2 is 1.95 bits per heavy atom. The van der Waals surface area contributed by atoms with Crippen LogP contribution in [0, 0.1) is 13.8 Å². The highest BCUT2D eigenvalue weighted by Gasteiger charge is 2.24. The first-order chi connectivity index (χ1) is 8.56. The van der Waals surface area contributed by atoms with Crippen LogP contribution in [0.25, 0.3) is 0 Å². The standard InChI is InChI=1S/C13H22N2O3S/c1-9-6-15-11(10(2)12(9)18-5)7-19(16,17)8-13(3,4)14/h6H,7-8,14H2,1-5H3. The molecule has 1 rings (SSSR count). The van der Waals surface area contributed by atoms with Crippen molar-refractivity contribution in [1.82, 2.24) is 4.98 Å². The molecule has 0 saturated heterocycles. The maximum Gasteiger partial charge on any atom is 0.157 e. The van der Waals surface area contributed by atoms with E-state index in [1.807, 2.05) is 13.8 Å². The Morgan fingerprint density at radius 1 is 1.37 bits per heavy atom. The van der Waals surface area contributed by atoms with Crippen molar-refractivity contribution in [2.45, 2.75) is 39.0 Å². The molecule has 1 aromatic rings. The van der Waals surface area contributed by atoms with E-state index in [1.165, 1.54) is 0 Å². The average Bonchev–Trinajstić information content (AvgIpc) is 2.19. The van der Waals surface area contributed by atoms with E-state index in [0.29, 0.717) is 11.4 Å². The van der Waals surface area contributed by atoms with Crippen molar-refractivity contribution in [1.29, 1.82) is 0 Å². The molecule has 6 heteroatoms. The zero-order valence-corrected chi connectivity index (χ0v) is 13.0. The molecule has 0 atom stereocenters. The maximum absolute atomic E-state index is 12.1. The number of rotatable bonds is 5. The number of hydrogen-bond donors (Lipinski definition) is 1. The van der Waals surface area contributed by atoms with Crippen molar-refractivity contribution in [3.05, 3.63) is 23.0 Å². The second-order valence-corrected chi connectivity index (χ2v) is 7.63. The number of pyridine rings is 1. The number of hydrogen-bond acceptors (Lipinski definition) is 5. The van der Waals surface area contributed by atoms with Gasteiger partial charge in [-0.1, -0.05) is 0 Å². The third-order valence-electron chi connectivity index (χ3n) is 2.70. The van der Waals surface area contributed by atoms with Crippen LogP contribution in [0.15, 0.2) is 6.20 Å². The molecule has 108 valence electrons. The van der Waals surface area contributed by atoms with Crippen LogP contribution in [0.3, 0.4) is 0 Å². The van der Waals surface area contributed by atoms with Gasteiger partial charge in [0, 0.05) is 22.9 Å². The molecule has 0 bridgehead atoms. The lowest BCUT2D eigenvalue weighted by atomic mass is 10.1. The molecule has 1 heterocycles. The van der Waals surface area contributed by atoms with Crippen molar-refractivity contribution >= 4 is 9.84 Å². The zero-order valence-electron chi connectivity index (χ0n) is 12.1. The Bertz CT molecular complexity index is 560. The molecule has 0 aliphatic carbocycles. The Morgan fingerprint density at radius 3 is 2.42 bits per heavy atom. The Labute approximate surface area is 115 Å². The molecule has 0 spiro atoms. The van der Waals surface area contributed by atoms with Gasteiger partial charge in [0.1, 0.15) is 5.75 Å². The number of nitrogens with two attached hydrogens (primary N) is 1. The van der Waals surface area contributed by atoms with E-state index in [0.717, 1.165) is 11.1 Å². The van der Waals surface area contributed by atoms with Crippen LogP contribution in [-0.2, 0) is 15.6 Å². The molecule has 2 N–H and O–H groups in total. The summed E-state index contributed by atoms with van der Waals surface area (Å²) in [4.78, 5) is 4.20. The summed E-state index contributed by atoms with van der Waals surface area (Å²) in [6.07, 6.45) is 1.63. The van der Waals surface area contributed by atoms with Gasteiger partial charge in [0.15, 0.2) is 9.84 Å². The molecule has 0 saturated carbocycles. The van der Waals surface area contributed by atoms with Gasteiger partial charge in [-0.25, -0.2) is 8.42 Å². The first-order valence-electron chi connectivity index (χ1n) is 6.04.